The number of halogens is 1. The molecule has 0 aliphatic carbocycles. The second kappa shape index (κ2) is 8.97. The third-order valence-corrected chi connectivity index (χ3v) is 4.66. The Morgan fingerprint density at radius 1 is 1.28 bits per heavy atom. The molecule has 0 saturated heterocycles. The second-order valence-electron chi connectivity index (χ2n) is 5.93. The largest absolute Gasteiger partial charge is 0.466 e. The van der Waals surface area contributed by atoms with Gasteiger partial charge in [-0.3, -0.25) is 4.79 Å². The maximum atomic E-state index is 12.1. The van der Waals surface area contributed by atoms with Crippen LogP contribution in [-0.2, 0) is 25.5 Å². The summed E-state index contributed by atoms with van der Waals surface area (Å²) in [6.07, 6.45) is -0.480. The average molecular weight is 382 g/mol. The topological polar surface area (TPSA) is 65.5 Å². The molecule has 25 heavy (non-hydrogen) atoms. The van der Waals surface area contributed by atoms with E-state index in [9.17, 15) is 9.59 Å². The maximum absolute atomic E-state index is 12.1. The minimum absolute atomic E-state index is 0.00740. The molecule has 0 aliphatic rings. The molecular formula is C18H20ClNO4S. The quantitative estimate of drug-likeness (QED) is 0.674. The fraction of sp³-hybridized carbons (Fsp3) is 0.389. The summed E-state index contributed by atoms with van der Waals surface area (Å²) in [6.45, 7) is 3.89. The van der Waals surface area contributed by atoms with Crippen molar-refractivity contribution >= 4 is 34.9 Å². The zero-order chi connectivity index (χ0) is 18.4. The van der Waals surface area contributed by atoms with Gasteiger partial charge in [0.1, 0.15) is 5.01 Å². The van der Waals surface area contributed by atoms with Gasteiger partial charge in [0.25, 0.3) is 0 Å². The summed E-state index contributed by atoms with van der Waals surface area (Å²) in [5, 5.41) is 3.13. The number of carbonyl (C=O) groups is 2. The van der Waals surface area contributed by atoms with Gasteiger partial charge in [0.2, 0.25) is 0 Å². The number of hydrogen-bond donors (Lipinski definition) is 0. The highest BCUT2D eigenvalue weighted by atomic mass is 35.5. The molecule has 0 amide bonds. The number of nitrogens with zero attached hydrogens (tertiary/aromatic N) is 1. The Hall–Kier alpha value is -1.92. The van der Waals surface area contributed by atoms with E-state index in [2.05, 4.69) is 4.98 Å². The Bertz CT molecular complexity index is 744. The summed E-state index contributed by atoms with van der Waals surface area (Å²) in [5.74, 6) is -0.854. The predicted molar refractivity (Wildman–Crippen MR) is 97.6 cm³/mol. The molecule has 1 unspecified atom stereocenters. The van der Waals surface area contributed by atoms with E-state index in [0.717, 1.165) is 10.6 Å². The normalized spacial score (nSPS) is 12.0. The highest BCUT2D eigenvalue weighted by Crippen LogP contribution is 2.30. The molecule has 5 nitrogen and oxygen atoms in total. The van der Waals surface area contributed by atoms with Gasteiger partial charge >= 0.3 is 11.9 Å². The van der Waals surface area contributed by atoms with E-state index >= 15 is 0 Å². The monoisotopic (exact) mass is 381 g/mol. The van der Waals surface area contributed by atoms with Gasteiger partial charge in [-0.15, -0.1) is 11.3 Å². The number of methoxy groups -OCH3 is 1. The third-order valence-electron chi connectivity index (χ3n) is 3.40. The molecule has 2 rings (SSSR count). The van der Waals surface area contributed by atoms with Crippen LogP contribution < -0.4 is 0 Å². The van der Waals surface area contributed by atoms with E-state index in [1.54, 1.807) is 11.4 Å². The molecule has 0 radical (unpaired) electrons. The van der Waals surface area contributed by atoms with Crippen molar-refractivity contribution in [3.05, 3.63) is 40.4 Å². The van der Waals surface area contributed by atoms with E-state index in [1.807, 2.05) is 32.0 Å². The first-order chi connectivity index (χ1) is 11.9. The molecule has 0 saturated carbocycles. The van der Waals surface area contributed by atoms with Gasteiger partial charge in [0.15, 0.2) is 6.10 Å². The van der Waals surface area contributed by atoms with Crippen molar-refractivity contribution < 1.29 is 19.1 Å². The summed E-state index contributed by atoms with van der Waals surface area (Å²) >= 11 is 7.57. The molecule has 0 N–H and O–H groups in total. The van der Waals surface area contributed by atoms with E-state index in [1.165, 1.54) is 18.4 Å². The summed E-state index contributed by atoms with van der Waals surface area (Å²) in [5.41, 5.74) is 1.40. The molecule has 1 aromatic carbocycles. The number of benzene rings is 1. The molecule has 2 aromatic rings. The number of aromatic nitrogens is 1. The molecule has 1 heterocycles. The first-order valence-corrected chi connectivity index (χ1v) is 9.13. The molecular weight excluding hydrogens is 362 g/mol. The number of ether oxygens (including phenoxy) is 2. The standard InChI is InChI=1S/C18H20ClNO4S/c1-11(2)8-15(18(22)23-3)24-16(21)9-12-10-25-17(20-12)13-6-4-5-7-14(13)19/h4-7,10-11,15H,8-9H2,1-3H3. The first-order valence-electron chi connectivity index (χ1n) is 7.87. The summed E-state index contributed by atoms with van der Waals surface area (Å²) in [4.78, 5) is 28.3. The highest BCUT2D eigenvalue weighted by Gasteiger charge is 2.25. The van der Waals surface area contributed by atoms with Gasteiger partial charge in [0.05, 0.1) is 24.2 Å². The van der Waals surface area contributed by atoms with Crippen molar-refractivity contribution in [3.8, 4) is 10.6 Å². The number of hydrogen-bond acceptors (Lipinski definition) is 6. The fourth-order valence-corrected chi connectivity index (χ4v) is 3.39. The zero-order valence-corrected chi connectivity index (χ0v) is 15.9. The van der Waals surface area contributed by atoms with Crippen molar-refractivity contribution in [2.45, 2.75) is 32.8 Å². The van der Waals surface area contributed by atoms with Crippen molar-refractivity contribution in [3.63, 3.8) is 0 Å². The van der Waals surface area contributed by atoms with Gasteiger partial charge in [-0.1, -0.05) is 43.6 Å². The van der Waals surface area contributed by atoms with Crippen LogP contribution in [0.4, 0.5) is 0 Å². The lowest BCUT2D eigenvalue weighted by Crippen LogP contribution is -2.30. The Morgan fingerprint density at radius 3 is 2.64 bits per heavy atom. The minimum atomic E-state index is -0.890. The molecule has 0 bridgehead atoms. The van der Waals surface area contributed by atoms with Crippen LogP contribution in [0.25, 0.3) is 10.6 Å². The highest BCUT2D eigenvalue weighted by molar-refractivity contribution is 7.13. The van der Waals surface area contributed by atoms with Gasteiger partial charge in [-0.25, -0.2) is 9.78 Å². The molecule has 7 heteroatoms. The summed E-state index contributed by atoms with van der Waals surface area (Å²) in [7, 11) is 1.28. The van der Waals surface area contributed by atoms with Crippen molar-refractivity contribution in [2.75, 3.05) is 7.11 Å². The molecule has 1 aromatic heterocycles. The maximum Gasteiger partial charge on any atom is 0.347 e. The lowest BCUT2D eigenvalue weighted by Gasteiger charge is -2.17. The number of rotatable bonds is 7. The van der Waals surface area contributed by atoms with Crippen LogP contribution in [0.1, 0.15) is 26.0 Å². The van der Waals surface area contributed by atoms with Crippen molar-refractivity contribution in [1.29, 1.82) is 0 Å². The van der Waals surface area contributed by atoms with Crippen LogP contribution in [0.5, 0.6) is 0 Å². The minimum Gasteiger partial charge on any atom is -0.466 e. The summed E-state index contributed by atoms with van der Waals surface area (Å²) in [6, 6.07) is 7.39. The van der Waals surface area contributed by atoms with Crippen LogP contribution >= 0.6 is 22.9 Å². The third kappa shape index (κ3) is 5.54. The van der Waals surface area contributed by atoms with Crippen LogP contribution in [0, 0.1) is 5.92 Å². The van der Waals surface area contributed by atoms with E-state index < -0.39 is 18.0 Å². The van der Waals surface area contributed by atoms with Gasteiger partial charge < -0.3 is 9.47 Å². The molecule has 1 atom stereocenters. The van der Waals surface area contributed by atoms with E-state index in [-0.39, 0.29) is 12.3 Å². The molecule has 0 spiro atoms. The molecule has 0 aliphatic heterocycles. The Morgan fingerprint density at radius 2 is 2.00 bits per heavy atom. The Kier molecular flexibility index (Phi) is 6.96. The Balaban J connectivity index is 2.03. The predicted octanol–water partition coefficient (Wildman–Crippen LogP) is 4.14. The fourth-order valence-electron chi connectivity index (χ4n) is 2.25. The van der Waals surface area contributed by atoms with E-state index in [0.29, 0.717) is 17.1 Å². The smallest absolute Gasteiger partial charge is 0.347 e. The van der Waals surface area contributed by atoms with Crippen molar-refractivity contribution in [2.24, 2.45) is 5.92 Å². The average Bonchev–Trinajstić information content (AvgIpc) is 3.01. The molecule has 134 valence electrons. The van der Waals surface area contributed by atoms with Crippen LogP contribution in [0.3, 0.4) is 0 Å². The van der Waals surface area contributed by atoms with E-state index in [4.69, 9.17) is 21.1 Å². The van der Waals surface area contributed by atoms with Crippen molar-refractivity contribution in [1.82, 2.24) is 4.98 Å². The van der Waals surface area contributed by atoms with Crippen LogP contribution in [-0.4, -0.2) is 30.1 Å². The lowest BCUT2D eigenvalue weighted by molar-refractivity contribution is -0.166. The first kappa shape index (κ1) is 19.4. The lowest BCUT2D eigenvalue weighted by atomic mass is 10.1. The molecule has 0 fully saturated rings. The van der Waals surface area contributed by atoms with Gasteiger partial charge in [-0.2, -0.15) is 0 Å². The van der Waals surface area contributed by atoms with Crippen LogP contribution in [0.15, 0.2) is 29.6 Å². The van der Waals surface area contributed by atoms with Crippen LogP contribution in [0.2, 0.25) is 5.02 Å². The second-order valence-corrected chi connectivity index (χ2v) is 7.20. The number of carbonyl (C=O) groups excluding carboxylic acids is 2. The SMILES string of the molecule is COC(=O)C(CC(C)C)OC(=O)Cc1csc(-c2ccccc2Cl)n1. The van der Waals surface area contributed by atoms with Gasteiger partial charge in [0, 0.05) is 10.9 Å². The summed E-state index contributed by atoms with van der Waals surface area (Å²) < 4.78 is 9.98. The number of thiazole rings is 1. The Labute approximate surface area is 155 Å². The number of esters is 2. The zero-order valence-electron chi connectivity index (χ0n) is 14.3. The van der Waals surface area contributed by atoms with Gasteiger partial charge in [-0.05, 0) is 18.4 Å².